The van der Waals surface area contributed by atoms with E-state index in [4.69, 9.17) is 0 Å². The summed E-state index contributed by atoms with van der Waals surface area (Å²) in [5.41, 5.74) is 21.7. The summed E-state index contributed by atoms with van der Waals surface area (Å²) in [5.74, 6) is 0. The van der Waals surface area contributed by atoms with Gasteiger partial charge in [-0.25, -0.2) is 0 Å². The number of para-hydroxylation sites is 6. The van der Waals surface area contributed by atoms with E-state index < -0.39 is 16.1 Å². The number of hydrogen-bond donors (Lipinski definition) is 0. The van der Waals surface area contributed by atoms with Crippen LogP contribution in [0.2, 0.25) is 26.2 Å². The maximum absolute atomic E-state index is 3.69. The van der Waals surface area contributed by atoms with Gasteiger partial charge in [0.25, 0.3) is 0 Å². The van der Waals surface area contributed by atoms with E-state index in [0.29, 0.717) is 0 Å². The van der Waals surface area contributed by atoms with Crippen molar-refractivity contribution in [3.8, 4) is 0 Å². The first kappa shape index (κ1) is 57.9. The number of nitrogens with zero attached hydrogens (tertiary/aromatic N) is 3. The molecule has 0 amide bonds. The molecule has 0 saturated heterocycles. The Morgan fingerprint density at radius 3 is 0.798 bits per heavy atom. The second-order valence-corrected chi connectivity index (χ2v) is 31.7. The highest BCUT2D eigenvalue weighted by atomic mass is 79.9. The summed E-state index contributed by atoms with van der Waals surface area (Å²) in [4.78, 5) is 6.90. The van der Waals surface area contributed by atoms with Crippen LogP contribution < -0.4 is 14.7 Å². The lowest BCUT2D eigenvalue weighted by atomic mass is 10.1. The Kier molecular flexibility index (Phi) is 18.7. The summed E-state index contributed by atoms with van der Waals surface area (Å²) >= 11 is 3.54. The molecular formula is C78H70BrN3Si2. The van der Waals surface area contributed by atoms with Gasteiger partial charge in [-0.1, -0.05) is 235 Å². The maximum Gasteiger partial charge on any atom is 0.0954 e. The molecular weight excluding hydrogens is 1110 g/mol. The summed E-state index contributed by atoms with van der Waals surface area (Å²) in [5, 5.41) is 7.39. The largest absolute Gasteiger partial charge is 0.310 e. The zero-order chi connectivity index (χ0) is 58.3. The number of fused-ring (bicyclic) bond motifs is 3. The van der Waals surface area contributed by atoms with Crippen molar-refractivity contribution in [2.75, 3.05) is 14.7 Å². The summed E-state index contributed by atoms with van der Waals surface area (Å²) in [7, 11) is -2.90. The van der Waals surface area contributed by atoms with Crippen LogP contribution in [0, 0.1) is 0 Å². The summed E-state index contributed by atoms with van der Waals surface area (Å²) in [6.45, 7) is 16.6. The van der Waals surface area contributed by atoms with Crippen LogP contribution in [-0.2, 0) is 0 Å². The Morgan fingerprint density at radius 1 is 0.274 bits per heavy atom. The van der Waals surface area contributed by atoms with E-state index in [1.807, 2.05) is 23.5 Å². The van der Waals surface area contributed by atoms with Crippen molar-refractivity contribution >= 4 is 128 Å². The molecule has 12 aromatic carbocycles. The van der Waals surface area contributed by atoms with Gasteiger partial charge in [-0.3, -0.25) is 0 Å². The quantitative estimate of drug-likeness (QED) is 0.0947. The number of hydrogen-bond acceptors (Lipinski definition) is 3. The molecule has 84 heavy (non-hydrogen) atoms. The number of halogens is 1. The van der Waals surface area contributed by atoms with Crippen molar-refractivity contribution in [2.45, 2.75) is 26.2 Å². The van der Waals surface area contributed by atoms with E-state index in [-0.39, 0.29) is 0 Å². The van der Waals surface area contributed by atoms with Crippen LogP contribution in [0.4, 0.5) is 51.2 Å². The molecule has 0 aliphatic carbocycles. The third-order valence-electron chi connectivity index (χ3n) is 14.8. The molecule has 0 saturated carbocycles. The van der Waals surface area contributed by atoms with E-state index in [1.54, 1.807) is 0 Å². The molecule has 6 heteroatoms. The van der Waals surface area contributed by atoms with Crippen molar-refractivity contribution in [1.82, 2.24) is 0 Å². The van der Waals surface area contributed by atoms with Gasteiger partial charge in [0.05, 0.1) is 16.1 Å². The summed E-state index contributed by atoms with van der Waals surface area (Å²) < 4.78 is 1.10. The normalized spacial score (nSPS) is 11.4. The standard InChI is InChI=1S/C50H42N2Si.C22H16BrN.C6H12Si/c1-53(2,33-31-39-23-25-43-37-49(29-27-41(43)35-39)51(45-15-7-3-8-16-45)46-17-9-4-10-18-46)34-32-40-24-26-44-38-50(30-28-42(44)36-40)52(47-19-11-5-12-20-47)48-21-13-6-14-22-48;23-19-13-11-18-16-22(14-12-17(18)15-19)24(20-7-3-1-4-8-20)21-9-5-2-6-10-21;1-5-7(3,4)6-2/h3-38H,1-2H3;1-16H;5-6H,1-2H2,3-4H3/b33-31+,34-32+;;. The van der Waals surface area contributed by atoms with Crippen molar-refractivity contribution in [2.24, 2.45) is 0 Å². The van der Waals surface area contributed by atoms with Crippen LogP contribution >= 0.6 is 15.9 Å². The fraction of sp³-hybridized carbons (Fsp3) is 0.0513. The van der Waals surface area contributed by atoms with Gasteiger partial charge in [-0.2, -0.15) is 0 Å². The summed E-state index contributed by atoms with van der Waals surface area (Å²) in [6.07, 6.45) is 4.61. The predicted molar refractivity (Wildman–Crippen MR) is 377 cm³/mol. The molecule has 0 radical (unpaired) electrons. The van der Waals surface area contributed by atoms with Crippen LogP contribution in [0.5, 0.6) is 0 Å². The minimum Gasteiger partial charge on any atom is -0.310 e. The van der Waals surface area contributed by atoms with E-state index in [2.05, 4.69) is 373 Å². The van der Waals surface area contributed by atoms with Gasteiger partial charge < -0.3 is 14.7 Å². The number of anilines is 9. The van der Waals surface area contributed by atoms with E-state index in [9.17, 15) is 0 Å². The van der Waals surface area contributed by atoms with Gasteiger partial charge in [0.15, 0.2) is 0 Å². The minimum atomic E-state index is -1.78. The van der Waals surface area contributed by atoms with Gasteiger partial charge in [-0.15, -0.1) is 13.2 Å². The first-order valence-electron chi connectivity index (χ1n) is 28.6. The summed E-state index contributed by atoms with van der Waals surface area (Å²) in [6, 6.07) is 103. The number of benzene rings is 12. The average molecular weight is 1190 g/mol. The molecule has 12 aromatic rings. The van der Waals surface area contributed by atoms with Crippen LogP contribution in [0.1, 0.15) is 11.1 Å². The smallest absolute Gasteiger partial charge is 0.0954 e. The second kappa shape index (κ2) is 27.2. The highest BCUT2D eigenvalue weighted by Gasteiger charge is 2.17. The van der Waals surface area contributed by atoms with E-state index >= 15 is 0 Å². The lowest BCUT2D eigenvalue weighted by molar-refractivity contribution is 1.29. The van der Waals surface area contributed by atoms with E-state index in [0.717, 1.165) is 55.7 Å². The van der Waals surface area contributed by atoms with Crippen LogP contribution in [0.3, 0.4) is 0 Å². The molecule has 12 rings (SSSR count). The Balaban J connectivity index is 0.000000208. The fourth-order valence-electron chi connectivity index (χ4n) is 9.90. The molecule has 0 aliphatic rings. The molecule has 0 N–H and O–H groups in total. The van der Waals surface area contributed by atoms with Crippen molar-refractivity contribution in [3.05, 3.63) is 343 Å². The first-order chi connectivity index (χ1) is 40.9. The Labute approximate surface area is 507 Å². The molecule has 0 bridgehead atoms. The van der Waals surface area contributed by atoms with Crippen molar-refractivity contribution < 1.29 is 0 Å². The molecule has 0 atom stereocenters. The highest BCUT2D eigenvalue weighted by molar-refractivity contribution is 9.10. The predicted octanol–water partition coefficient (Wildman–Crippen LogP) is 23.7. The van der Waals surface area contributed by atoms with Crippen molar-refractivity contribution in [3.63, 3.8) is 0 Å². The topological polar surface area (TPSA) is 9.72 Å². The van der Waals surface area contributed by atoms with Gasteiger partial charge in [0.2, 0.25) is 0 Å². The molecule has 0 spiro atoms. The zero-order valence-corrected chi connectivity index (χ0v) is 51.9. The van der Waals surface area contributed by atoms with Crippen molar-refractivity contribution in [1.29, 1.82) is 0 Å². The molecule has 0 unspecified atom stereocenters. The third kappa shape index (κ3) is 14.8. The monoisotopic (exact) mass is 1180 g/mol. The lowest BCUT2D eigenvalue weighted by Crippen LogP contribution is -2.18. The molecule has 412 valence electrons. The number of rotatable bonds is 15. The Bertz CT molecular complexity index is 3880. The third-order valence-corrected chi connectivity index (χ3v) is 19.5. The van der Waals surface area contributed by atoms with Crippen LogP contribution in [-0.4, -0.2) is 16.1 Å². The molecule has 3 nitrogen and oxygen atoms in total. The SMILES string of the molecule is Brc1ccc2cc(N(c3ccccc3)c3ccccc3)ccc2c1.C=C[Si](C)(C)C=C.C[Si](C)(/C=C/c1ccc2cc(N(c3ccccc3)c3ccccc3)ccc2c1)/C=C/c1ccc2cc(N(c3ccccc3)c3ccccc3)ccc2c1. The Hall–Kier alpha value is -9.31. The van der Waals surface area contributed by atoms with Gasteiger partial charge in [-0.05, 0) is 177 Å². The maximum atomic E-state index is 3.69. The fourth-order valence-corrected chi connectivity index (χ4v) is 11.8. The van der Waals surface area contributed by atoms with Gasteiger partial charge in [0.1, 0.15) is 0 Å². The van der Waals surface area contributed by atoms with E-state index in [1.165, 1.54) is 43.4 Å². The molecule has 0 aromatic heterocycles. The molecule has 0 fully saturated rings. The Morgan fingerprint density at radius 2 is 0.524 bits per heavy atom. The van der Waals surface area contributed by atoms with Crippen LogP contribution in [0.25, 0.3) is 44.5 Å². The molecule has 0 aliphatic heterocycles. The lowest BCUT2D eigenvalue weighted by Gasteiger charge is -2.25. The average Bonchev–Trinajstić information content (AvgIpc) is 3.48. The molecule has 0 heterocycles. The van der Waals surface area contributed by atoms with Gasteiger partial charge in [0, 0.05) is 55.7 Å². The second-order valence-electron chi connectivity index (χ2n) is 22.0. The highest BCUT2D eigenvalue weighted by Crippen LogP contribution is 2.39. The van der Waals surface area contributed by atoms with Gasteiger partial charge >= 0.3 is 0 Å². The zero-order valence-electron chi connectivity index (χ0n) is 48.3. The first-order valence-corrected chi connectivity index (χ1v) is 35.7. The van der Waals surface area contributed by atoms with Crippen LogP contribution in [0.15, 0.2) is 332 Å². The minimum absolute atomic E-state index is 1.10.